The summed E-state index contributed by atoms with van der Waals surface area (Å²) in [6, 6.07) is 7.25. The maximum atomic E-state index is 12.0. The zero-order chi connectivity index (χ0) is 13.6. The van der Waals surface area contributed by atoms with Gasteiger partial charge in [-0.25, -0.2) is 0 Å². The summed E-state index contributed by atoms with van der Waals surface area (Å²) in [5.41, 5.74) is 0.945. The van der Waals surface area contributed by atoms with Crippen molar-refractivity contribution < 1.29 is 17.9 Å². The molecule has 0 saturated carbocycles. The first-order valence-corrected chi connectivity index (χ1v) is 5.95. The topological polar surface area (TPSA) is 21.3 Å². The molecule has 18 heavy (non-hydrogen) atoms. The van der Waals surface area contributed by atoms with Gasteiger partial charge >= 0.3 is 6.18 Å². The highest BCUT2D eigenvalue weighted by Gasteiger charge is 2.26. The number of nitrogens with one attached hydrogen (secondary N) is 1. The van der Waals surface area contributed by atoms with Gasteiger partial charge in [0.1, 0.15) is 5.75 Å². The van der Waals surface area contributed by atoms with Gasteiger partial charge < -0.3 is 10.1 Å². The van der Waals surface area contributed by atoms with Crippen molar-refractivity contribution in [3.8, 4) is 5.75 Å². The molecule has 0 bridgehead atoms. The number of halogens is 3. The van der Waals surface area contributed by atoms with Gasteiger partial charge in [-0.2, -0.15) is 13.2 Å². The zero-order valence-corrected chi connectivity index (χ0v) is 10.6. The summed E-state index contributed by atoms with van der Waals surface area (Å²) >= 11 is 0. The van der Waals surface area contributed by atoms with Crippen LogP contribution >= 0.6 is 0 Å². The second-order valence-corrected chi connectivity index (χ2v) is 4.04. The van der Waals surface area contributed by atoms with Crippen molar-refractivity contribution in [1.29, 1.82) is 0 Å². The Morgan fingerprint density at radius 2 is 1.83 bits per heavy atom. The van der Waals surface area contributed by atoms with Crippen LogP contribution in [0, 0.1) is 0 Å². The molecular formula is C13H18F3NO. The molecule has 0 amide bonds. The van der Waals surface area contributed by atoms with E-state index in [0.29, 0.717) is 6.61 Å². The molecule has 0 spiro atoms. The fourth-order valence-corrected chi connectivity index (χ4v) is 1.57. The second kappa shape index (κ2) is 6.64. The summed E-state index contributed by atoms with van der Waals surface area (Å²) in [7, 11) is 0. The minimum absolute atomic E-state index is 0.0715. The third-order valence-corrected chi connectivity index (χ3v) is 2.55. The SMILES string of the molecule is CCOc1ccc(C(C)NCCC(F)(F)F)cc1. The van der Waals surface area contributed by atoms with Gasteiger partial charge in [-0.05, 0) is 31.5 Å². The van der Waals surface area contributed by atoms with Crippen LogP contribution in [0.1, 0.15) is 31.9 Å². The highest BCUT2D eigenvalue weighted by atomic mass is 19.4. The maximum Gasteiger partial charge on any atom is 0.390 e. The minimum atomic E-state index is -4.11. The standard InChI is InChI=1S/C13H18F3NO/c1-3-18-12-6-4-11(5-7-12)10(2)17-9-8-13(14,15)16/h4-7,10,17H,3,8-9H2,1-2H3. The van der Waals surface area contributed by atoms with Crippen molar-refractivity contribution in [2.24, 2.45) is 0 Å². The van der Waals surface area contributed by atoms with Gasteiger partial charge in [-0.3, -0.25) is 0 Å². The number of benzene rings is 1. The molecule has 102 valence electrons. The summed E-state index contributed by atoms with van der Waals surface area (Å²) in [6.07, 6.45) is -4.92. The smallest absolute Gasteiger partial charge is 0.390 e. The minimum Gasteiger partial charge on any atom is -0.494 e. The number of hydrogen-bond acceptors (Lipinski definition) is 2. The van der Waals surface area contributed by atoms with Crippen molar-refractivity contribution >= 4 is 0 Å². The summed E-state index contributed by atoms with van der Waals surface area (Å²) in [4.78, 5) is 0. The first kappa shape index (κ1) is 14.8. The summed E-state index contributed by atoms with van der Waals surface area (Å²) < 4.78 is 41.3. The third-order valence-electron chi connectivity index (χ3n) is 2.55. The summed E-state index contributed by atoms with van der Waals surface area (Å²) in [6.45, 7) is 4.26. The molecular weight excluding hydrogens is 243 g/mol. The van der Waals surface area contributed by atoms with Gasteiger partial charge in [0, 0.05) is 12.6 Å². The van der Waals surface area contributed by atoms with E-state index in [1.807, 2.05) is 38.1 Å². The molecule has 0 aromatic heterocycles. The molecule has 1 atom stereocenters. The Morgan fingerprint density at radius 3 is 2.33 bits per heavy atom. The quantitative estimate of drug-likeness (QED) is 0.843. The van der Waals surface area contributed by atoms with Crippen LogP contribution in [0.3, 0.4) is 0 Å². The molecule has 0 aliphatic carbocycles. The number of ether oxygens (including phenoxy) is 1. The third kappa shape index (κ3) is 5.40. The molecule has 0 saturated heterocycles. The molecule has 0 fully saturated rings. The fraction of sp³-hybridized carbons (Fsp3) is 0.538. The van der Waals surface area contributed by atoms with Crippen LogP contribution in [0.15, 0.2) is 24.3 Å². The molecule has 2 nitrogen and oxygen atoms in total. The molecule has 0 heterocycles. The molecule has 1 unspecified atom stereocenters. The molecule has 1 rings (SSSR count). The Morgan fingerprint density at radius 1 is 1.22 bits per heavy atom. The van der Waals surface area contributed by atoms with E-state index in [0.717, 1.165) is 11.3 Å². The molecule has 1 N–H and O–H groups in total. The molecule has 0 radical (unpaired) electrons. The van der Waals surface area contributed by atoms with Gasteiger partial charge in [0.15, 0.2) is 0 Å². The van der Waals surface area contributed by atoms with Gasteiger partial charge in [0.25, 0.3) is 0 Å². The zero-order valence-electron chi connectivity index (χ0n) is 10.6. The van der Waals surface area contributed by atoms with E-state index in [1.54, 1.807) is 0 Å². The van der Waals surface area contributed by atoms with Gasteiger partial charge in [0.2, 0.25) is 0 Å². The van der Waals surface area contributed by atoms with Crippen LogP contribution in [0.2, 0.25) is 0 Å². The largest absolute Gasteiger partial charge is 0.494 e. The lowest BCUT2D eigenvalue weighted by molar-refractivity contribution is -0.133. The van der Waals surface area contributed by atoms with Crippen LogP contribution in [0.4, 0.5) is 13.2 Å². The lowest BCUT2D eigenvalue weighted by atomic mass is 10.1. The van der Waals surface area contributed by atoms with E-state index >= 15 is 0 Å². The van der Waals surface area contributed by atoms with E-state index in [1.165, 1.54) is 0 Å². The summed E-state index contributed by atoms with van der Waals surface area (Å²) in [5.74, 6) is 0.767. The second-order valence-electron chi connectivity index (χ2n) is 4.04. The first-order valence-electron chi connectivity index (χ1n) is 5.95. The van der Waals surface area contributed by atoms with Crippen molar-refractivity contribution in [3.05, 3.63) is 29.8 Å². The van der Waals surface area contributed by atoms with Crippen LogP contribution in [0.5, 0.6) is 5.75 Å². The lowest BCUT2D eigenvalue weighted by Gasteiger charge is -2.15. The van der Waals surface area contributed by atoms with E-state index in [2.05, 4.69) is 5.32 Å². The Kier molecular flexibility index (Phi) is 5.47. The van der Waals surface area contributed by atoms with Crippen LogP contribution in [-0.4, -0.2) is 19.3 Å². The van der Waals surface area contributed by atoms with Crippen LogP contribution in [-0.2, 0) is 0 Å². The normalized spacial score (nSPS) is 13.4. The highest BCUT2D eigenvalue weighted by molar-refractivity contribution is 5.28. The maximum absolute atomic E-state index is 12.0. The van der Waals surface area contributed by atoms with Crippen molar-refractivity contribution in [2.75, 3.05) is 13.2 Å². The summed E-state index contributed by atoms with van der Waals surface area (Å²) in [5, 5.41) is 2.85. The van der Waals surface area contributed by atoms with Crippen LogP contribution in [0.25, 0.3) is 0 Å². The molecule has 0 aliphatic heterocycles. The van der Waals surface area contributed by atoms with E-state index < -0.39 is 12.6 Å². The van der Waals surface area contributed by atoms with Crippen molar-refractivity contribution in [1.82, 2.24) is 5.32 Å². The predicted octanol–water partition coefficient (Wildman–Crippen LogP) is 3.69. The number of rotatable bonds is 6. The van der Waals surface area contributed by atoms with Gasteiger partial charge in [0.05, 0.1) is 13.0 Å². The highest BCUT2D eigenvalue weighted by Crippen LogP contribution is 2.20. The first-order chi connectivity index (χ1) is 8.42. The molecule has 1 aromatic rings. The monoisotopic (exact) mass is 261 g/mol. The average molecular weight is 261 g/mol. The van der Waals surface area contributed by atoms with Crippen molar-refractivity contribution in [2.45, 2.75) is 32.5 Å². The molecule has 0 aliphatic rings. The number of alkyl halides is 3. The Hall–Kier alpha value is -1.23. The predicted molar refractivity (Wildman–Crippen MR) is 64.7 cm³/mol. The van der Waals surface area contributed by atoms with E-state index in [4.69, 9.17) is 4.74 Å². The molecule has 1 aromatic carbocycles. The number of hydrogen-bond donors (Lipinski definition) is 1. The Bertz CT molecular complexity index is 348. The lowest BCUT2D eigenvalue weighted by Crippen LogP contribution is -2.24. The van der Waals surface area contributed by atoms with Crippen molar-refractivity contribution in [3.63, 3.8) is 0 Å². The molecule has 5 heteroatoms. The average Bonchev–Trinajstić information content (AvgIpc) is 2.28. The van der Waals surface area contributed by atoms with Crippen LogP contribution < -0.4 is 10.1 Å². The van der Waals surface area contributed by atoms with E-state index in [9.17, 15) is 13.2 Å². The Labute approximate surface area is 105 Å². The van der Waals surface area contributed by atoms with Gasteiger partial charge in [-0.15, -0.1) is 0 Å². The Balaban J connectivity index is 2.43. The fourth-order valence-electron chi connectivity index (χ4n) is 1.57. The van der Waals surface area contributed by atoms with E-state index in [-0.39, 0.29) is 12.6 Å². The van der Waals surface area contributed by atoms with Gasteiger partial charge in [-0.1, -0.05) is 12.1 Å².